The number of piperidine rings is 1. The van der Waals surface area contributed by atoms with Crippen molar-refractivity contribution in [3.8, 4) is 0 Å². The van der Waals surface area contributed by atoms with Gasteiger partial charge in [0.1, 0.15) is 4.90 Å². The van der Waals surface area contributed by atoms with Crippen LogP contribution in [-0.2, 0) is 16.6 Å². The second-order valence-electron chi connectivity index (χ2n) is 6.52. The molecule has 1 aromatic rings. The van der Waals surface area contributed by atoms with Gasteiger partial charge in [0.25, 0.3) is 5.92 Å². The average molecular weight is 333 g/mol. The van der Waals surface area contributed by atoms with Gasteiger partial charge >= 0.3 is 0 Å². The molecule has 22 heavy (non-hydrogen) atoms. The van der Waals surface area contributed by atoms with Crippen molar-refractivity contribution < 1.29 is 17.2 Å². The molecule has 1 aliphatic heterocycles. The standard InChI is InChI=1S/C14H21F2N3O2S/c1-5-19-10(3)12(9(2)17-19)22(20,21)18-7-6-13(4)11(8-18)14(13,15)16/h11H,5-8H2,1-4H3. The summed E-state index contributed by atoms with van der Waals surface area (Å²) in [5.41, 5.74) is -0.0393. The minimum Gasteiger partial charge on any atom is -0.268 e. The molecular weight excluding hydrogens is 312 g/mol. The molecule has 1 saturated heterocycles. The van der Waals surface area contributed by atoms with Gasteiger partial charge in [0.05, 0.1) is 11.4 Å². The SMILES string of the molecule is CCn1nc(C)c(S(=O)(=O)N2CCC3(C)C(C2)C3(F)F)c1C. The van der Waals surface area contributed by atoms with Crippen LogP contribution < -0.4 is 0 Å². The summed E-state index contributed by atoms with van der Waals surface area (Å²) in [4.78, 5) is 0.168. The van der Waals surface area contributed by atoms with E-state index in [2.05, 4.69) is 5.10 Å². The first-order valence-corrected chi connectivity index (χ1v) is 8.93. The maximum Gasteiger partial charge on any atom is 0.258 e. The summed E-state index contributed by atoms with van der Waals surface area (Å²) >= 11 is 0. The van der Waals surface area contributed by atoms with Crippen LogP contribution in [0.2, 0.25) is 0 Å². The van der Waals surface area contributed by atoms with E-state index in [4.69, 9.17) is 0 Å². The summed E-state index contributed by atoms with van der Waals surface area (Å²) in [6, 6.07) is 0. The average Bonchev–Trinajstić information content (AvgIpc) is 2.71. The number of aryl methyl sites for hydroxylation is 2. The van der Waals surface area contributed by atoms with Crippen LogP contribution in [0.15, 0.2) is 4.90 Å². The molecule has 0 bridgehead atoms. The fourth-order valence-electron chi connectivity index (χ4n) is 3.69. The predicted molar refractivity (Wildman–Crippen MR) is 77.3 cm³/mol. The van der Waals surface area contributed by atoms with Crippen molar-refractivity contribution in [1.29, 1.82) is 0 Å². The Morgan fingerprint density at radius 1 is 1.36 bits per heavy atom. The Morgan fingerprint density at radius 3 is 2.50 bits per heavy atom. The van der Waals surface area contributed by atoms with Gasteiger partial charge in [-0.25, -0.2) is 17.2 Å². The van der Waals surface area contributed by atoms with Crippen molar-refractivity contribution in [2.24, 2.45) is 11.3 Å². The van der Waals surface area contributed by atoms with Crippen LogP contribution in [0.3, 0.4) is 0 Å². The Bertz CT molecular complexity index is 729. The first-order valence-electron chi connectivity index (χ1n) is 7.49. The van der Waals surface area contributed by atoms with Crippen molar-refractivity contribution in [3.63, 3.8) is 0 Å². The van der Waals surface area contributed by atoms with Gasteiger partial charge in [-0.1, -0.05) is 6.92 Å². The molecule has 0 N–H and O–H groups in total. The van der Waals surface area contributed by atoms with E-state index in [1.165, 1.54) is 4.31 Å². The largest absolute Gasteiger partial charge is 0.268 e. The highest BCUT2D eigenvalue weighted by atomic mass is 32.2. The van der Waals surface area contributed by atoms with Crippen LogP contribution in [0.5, 0.6) is 0 Å². The van der Waals surface area contributed by atoms with E-state index in [0.717, 1.165) is 0 Å². The van der Waals surface area contributed by atoms with Crippen LogP contribution in [-0.4, -0.2) is 41.5 Å². The molecule has 8 heteroatoms. The Balaban J connectivity index is 1.94. The zero-order valence-corrected chi connectivity index (χ0v) is 14.0. The molecule has 1 saturated carbocycles. The molecule has 2 heterocycles. The quantitative estimate of drug-likeness (QED) is 0.852. The first kappa shape index (κ1) is 15.9. The van der Waals surface area contributed by atoms with Crippen molar-refractivity contribution in [1.82, 2.24) is 14.1 Å². The van der Waals surface area contributed by atoms with Gasteiger partial charge in [0.15, 0.2) is 0 Å². The number of hydrogen-bond acceptors (Lipinski definition) is 3. The summed E-state index contributed by atoms with van der Waals surface area (Å²) in [5.74, 6) is -3.63. The Labute approximate surface area is 129 Å². The van der Waals surface area contributed by atoms with Crippen molar-refractivity contribution in [2.45, 2.75) is 51.5 Å². The molecule has 2 atom stereocenters. The normalized spacial score (nSPS) is 31.1. The topological polar surface area (TPSA) is 55.2 Å². The molecule has 0 radical (unpaired) electrons. The Kier molecular flexibility index (Phi) is 3.25. The molecule has 124 valence electrons. The van der Waals surface area contributed by atoms with Gasteiger partial charge in [-0.05, 0) is 27.2 Å². The summed E-state index contributed by atoms with van der Waals surface area (Å²) in [6.07, 6.45) is 0.198. The molecule has 3 rings (SSSR count). The van der Waals surface area contributed by atoms with Crippen LogP contribution in [0.25, 0.3) is 0 Å². The van der Waals surface area contributed by atoms with Crippen LogP contribution in [0.4, 0.5) is 8.78 Å². The summed E-state index contributed by atoms with van der Waals surface area (Å²) in [5, 5.41) is 4.22. The van der Waals surface area contributed by atoms with Gasteiger partial charge < -0.3 is 0 Å². The zero-order chi connectivity index (χ0) is 16.5. The lowest BCUT2D eigenvalue weighted by molar-refractivity contribution is 0.0636. The van der Waals surface area contributed by atoms with Crippen LogP contribution in [0.1, 0.15) is 31.7 Å². The Hall–Kier alpha value is -1.02. The lowest BCUT2D eigenvalue weighted by Crippen LogP contribution is -2.39. The number of rotatable bonds is 3. The summed E-state index contributed by atoms with van der Waals surface area (Å²) < 4.78 is 56.2. The van der Waals surface area contributed by atoms with Gasteiger partial charge in [-0.15, -0.1) is 0 Å². The fraction of sp³-hybridized carbons (Fsp3) is 0.786. The molecule has 0 amide bonds. The van der Waals surface area contributed by atoms with Crippen molar-refractivity contribution >= 4 is 10.0 Å². The van der Waals surface area contributed by atoms with E-state index in [1.807, 2.05) is 6.92 Å². The minimum absolute atomic E-state index is 0.109. The molecule has 5 nitrogen and oxygen atoms in total. The van der Waals surface area contributed by atoms with E-state index in [0.29, 0.717) is 17.9 Å². The number of halogens is 2. The summed E-state index contributed by atoms with van der Waals surface area (Å²) in [7, 11) is -3.78. The number of nitrogens with zero attached hydrogens (tertiary/aromatic N) is 3. The van der Waals surface area contributed by atoms with E-state index >= 15 is 0 Å². The number of alkyl halides is 2. The van der Waals surface area contributed by atoms with E-state index in [9.17, 15) is 17.2 Å². The lowest BCUT2D eigenvalue weighted by Gasteiger charge is -2.27. The van der Waals surface area contributed by atoms with E-state index in [1.54, 1.807) is 25.5 Å². The fourth-order valence-corrected chi connectivity index (χ4v) is 5.52. The van der Waals surface area contributed by atoms with E-state index in [-0.39, 0.29) is 24.4 Å². The predicted octanol–water partition coefficient (Wildman–Crippen LogP) is 2.19. The third-order valence-corrected chi connectivity index (χ3v) is 7.48. The molecule has 2 aliphatic rings. The smallest absolute Gasteiger partial charge is 0.258 e. The monoisotopic (exact) mass is 333 g/mol. The van der Waals surface area contributed by atoms with Gasteiger partial charge in [0, 0.05) is 31.0 Å². The highest BCUT2D eigenvalue weighted by molar-refractivity contribution is 7.89. The third-order valence-electron chi connectivity index (χ3n) is 5.36. The molecule has 1 aliphatic carbocycles. The van der Waals surface area contributed by atoms with Crippen LogP contribution in [0, 0.1) is 25.2 Å². The Morgan fingerprint density at radius 2 is 2.00 bits per heavy atom. The van der Waals surface area contributed by atoms with Crippen LogP contribution >= 0.6 is 0 Å². The zero-order valence-electron chi connectivity index (χ0n) is 13.2. The van der Waals surface area contributed by atoms with Gasteiger partial charge in [-0.2, -0.15) is 9.40 Å². The maximum absolute atomic E-state index is 13.8. The highest BCUT2D eigenvalue weighted by Crippen LogP contribution is 2.69. The minimum atomic E-state index is -3.78. The second-order valence-corrected chi connectivity index (χ2v) is 8.40. The third kappa shape index (κ3) is 1.83. The summed E-state index contributed by atoms with van der Waals surface area (Å²) in [6.45, 7) is 7.38. The van der Waals surface area contributed by atoms with E-state index < -0.39 is 27.3 Å². The molecule has 0 aromatic carbocycles. The molecule has 0 spiro atoms. The second kappa shape index (κ2) is 4.50. The van der Waals surface area contributed by atoms with Crippen molar-refractivity contribution in [3.05, 3.63) is 11.4 Å². The number of hydrogen-bond donors (Lipinski definition) is 0. The number of sulfonamides is 1. The molecular formula is C14H21F2N3O2S. The van der Waals surface area contributed by atoms with Gasteiger partial charge in [0.2, 0.25) is 10.0 Å². The first-order chi connectivity index (χ1) is 10.1. The number of fused-ring (bicyclic) bond motifs is 1. The molecule has 1 aromatic heterocycles. The number of aromatic nitrogens is 2. The molecule has 2 fully saturated rings. The molecule has 2 unspecified atom stereocenters. The van der Waals surface area contributed by atoms with Crippen molar-refractivity contribution in [2.75, 3.05) is 13.1 Å². The highest BCUT2D eigenvalue weighted by Gasteiger charge is 2.78. The lowest BCUT2D eigenvalue weighted by atomic mass is 9.99. The maximum atomic E-state index is 13.8. The van der Waals surface area contributed by atoms with Gasteiger partial charge in [-0.3, -0.25) is 4.68 Å².